The van der Waals surface area contributed by atoms with Crippen LogP contribution in [0.1, 0.15) is 22.8 Å². The predicted octanol–water partition coefficient (Wildman–Crippen LogP) is 2.56. The molecule has 1 N–H and O–H groups in total. The fourth-order valence-corrected chi connectivity index (χ4v) is 2.67. The lowest BCUT2D eigenvalue weighted by Crippen LogP contribution is -2.31. The summed E-state index contributed by atoms with van der Waals surface area (Å²) in [7, 11) is 0. The summed E-state index contributed by atoms with van der Waals surface area (Å²) in [6.07, 6.45) is -0.0201. The highest BCUT2D eigenvalue weighted by Gasteiger charge is 2.21. The molecule has 1 heterocycles. The fourth-order valence-electron chi connectivity index (χ4n) is 2.67. The van der Waals surface area contributed by atoms with Crippen LogP contribution in [0, 0.1) is 0 Å². The van der Waals surface area contributed by atoms with E-state index < -0.39 is 0 Å². The van der Waals surface area contributed by atoms with Crippen LogP contribution in [0.3, 0.4) is 0 Å². The number of aliphatic hydroxyl groups is 1. The summed E-state index contributed by atoms with van der Waals surface area (Å²) in [4.78, 5) is 1.99. The van der Waals surface area contributed by atoms with Gasteiger partial charge in [0.2, 0.25) is 0 Å². The van der Waals surface area contributed by atoms with Crippen molar-refractivity contribution in [2.24, 2.45) is 0 Å². The quantitative estimate of drug-likeness (QED) is 0.909. The zero-order valence-corrected chi connectivity index (χ0v) is 11.4. The van der Waals surface area contributed by atoms with Crippen LogP contribution in [0.15, 0.2) is 54.6 Å². The molecule has 2 aromatic rings. The van der Waals surface area contributed by atoms with Crippen LogP contribution in [-0.4, -0.2) is 29.9 Å². The van der Waals surface area contributed by atoms with E-state index in [2.05, 4.69) is 24.3 Å². The van der Waals surface area contributed by atoms with E-state index in [0.29, 0.717) is 6.61 Å². The van der Waals surface area contributed by atoms with Gasteiger partial charge in [0.15, 0.2) is 0 Å². The van der Waals surface area contributed by atoms with Gasteiger partial charge in [-0.15, -0.1) is 0 Å². The zero-order valence-electron chi connectivity index (χ0n) is 11.4. The van der Waals surface area contributed by atoms with Crippen LogP contribution < -0.4 is 0 Å². The van der Waals surface area contributed by atoms with Gasteiger partial charge >= 0.3 is 0 Å². The second kappa shape index (κ2) is 6.18. The summed E-state index contributed by atoms with van der Waals surface area (Å²) in [5, 5.41) is 9.39. The largest absolute Gasteiger partial charge is 0.381 e. The average Bonchev–Trinajstić information content (AvgIpc) is 2.49. The number of nitrogens with zero attached hydrogens (tertiary/aromatic N) is 1. The van der Waals surface area contributed by atoms with E-state index in [0.717, 1.165) is 13.1 Å². The number of hydrogen-bond donors (Lipinski definition) is 1. The Kier molecular flexibility index (Phi) is 4.11. The topological polar surface area (TPSA) is 32.7 Å². The van der Waals surface area contributed by atoms with E-state index in [4.69, 9.17) is 4.74 Å². The van der Waals surface area contributed by atoms with Crippen molar-refractivity contribution in [3.63, 3.8) is 0 Å². The Morgan fingerprint density at radius 1 is 1.05 bits per heavy atom. The second-order valence-electron chi connectivity index (χ2n) is 5.05. The molecule has 0 radical (unpaired) electrons. The normalized spacial score (nSPS) is 19.9. The minimum absolute atomic E-state index is 0.0201. The minimum Gasteiger partial charge on any atom is -0.381 e. The van der Waals surface area contributed by atoms with E-state index in [1.807, 2.05) is 35.2 Å². The number of aliphatic hydroxyl groups excluding tert-OH is 1. The molecule has 0 aliphatic carbocycles. The highest BCUT2D eigenvalue weighted by atomic mass is 16.5. The van der Waals surface area contributed by atoms with Crippen molar-refractivity contribution in [1.82, 2.24) is 4.90 Å². The van der Waals surface area contributed by atoms with Crippen molar-refractivity contribution in [3.05, 3.63) is 71.3 Å². The molecule has 0 fully saturated rings. The van der Waals surface area contributed by atoms with Crippen molar-refractivity contribution in [2.45, 2.75) is 12.6 Å². The third-order valence-electron chi connectivity index (χ3n) is 3.73. The predicted molar refractivity (Wildman–Crippen MR) is 78.2 cm³/mol. The van der Waals surface area contributed by atoms with E-state index in [1.165, 1.54) is 16.7 Å². The maximum Gasteiger partial charge on any atom is 0.108 e. The van der Waals surface area contributed by atoms with Crippen molar-refractivity contribution in [1.29, 1.82) is 0 Å². The van der Waals surface area contributed by atoms with Crippen molar-refractivity contribution in [2.75, 3.05) is 19.9 Å². The van der Waals surface area contributed by atoms with Crippen LogP contribution in [0.2, 0.25) is 0 Å². The van der Waals surface area contributed by atoms with Gasteiger partial charge in [0.25, 0.3) is 0 Å². The molecule has 1 unspecified atom stereocenters. The van der Waals surface area contributed by atoms with Gasteiger partial charge in [-0.1, -0.05) is 54.6 Å². The Bertz CT molecular complexity index is 556. The van der Waals surface area contributed by atoms with Gasteiger partial charge in [0.05, 0.1) is 13.3 Å². The van der Waals surface area contributed by atoms with Gasteiger partial charge in [-0.25, -0.2) is 0 Å². The van der Waals surface area contributed by atoms with Gasteiger partial charge < -0.3 is 9.84 Å². The molecule has 0 saturated heterocycles. The molecule has 0 saturated carbocycles. The number of ether oxygens (including phenoxy) is 1. The molecule has 1 atom stereocenters. The molecule has 20 heavy (non-hydrogen) atoms. The molecule has 104 valence electrons. The highest BCUT2D eigenvalue weighted by molar-refractivity contribution is 5.36. The number of fused-ring (bicyclic) bond motifs is 1. The molecule has 3 rings (SSSR count). The molecule has 1 aliphatic rings. The highest BCUT2D eigenvalue weighted by Crippen LogP contribution is 2.30. The molecule has 2 aromatic carbocycles. The third kappa shape index (κ3) is 2.75. The SMILES string of the molecule is OCN1CCOC(c2ccccc2)c2ccccc2C1. The van der Waals surface area contributed by atoms with Crippen LogP contribution in [0.5, 0.6) is 0 Å². The number of hydrogen-bond acceptors (Lipinski definition) is 3. The maximum absolute atomic E-state index is 9.39. The Labute approximate surface area is 119 Å². The van der Waals surface area contributed by atoms with Crippen LogP contribution in [0.25, 0.3) is 0 Å². The first-order valence-corrected chi connectivity index (χ1v) is 6.96. The first kappa shape index (κ1) is 13.3. The molecule has 0 spiro atoms. The molecule has 0 bridgehead atoms. The van der Waals surface area contributed by atoms with E-state index in [-0.39, 0.29) is 12.8 Å². The standard InChI is InChI=1S/C17H19NO2/c19-13-18-10-11-20-17(14-6-2-1-3-7-14)16-9-5-4-8-15(16)12-18/h1-9,17,19H,10-13H2. The summed E-state index contributed by atoms with van der Waals surface area (Å²) in [5.41, 5.74) is 3.59. The third-order valence-corrected chi connectivity index (χ3v) is 3.73. The average molecular weight is 269 g/mol. The summed E-state index contributed by atoms with van der Waals surface area (Å²) >= 11 is 0. The summed E-state index contributed by atoms with van der Waals surface area (Å²) in [5.74, 6) is 0. The molecule has 3 nitrogen and oxygen atoms in total. The van der Waals surface area contributed by atoms with Crippen LogP contribution in [-0.2, 0) is 11.3 Å². The first-order chi connectivity index (χ1) is 9.88. The first-order valence-electron chi connectivity index (χ1n) is 6.96. The Morgan fingerprint density at radius 2 is 1.80 bits per heavy atom. The maximum atomic E-state index is 9.39. The fraction of sp³-hybridized carbons (Fsp3) is 0.294. The van der Waals surface area contributed by atoms with E-state index in [1.54, 1.807) is 0 Å². The van der Waals surface area contributed by atoms with Crippen molar-refractivity contribution < 1.29 is 9.84 Å². The Hall–Kier alpha value is -1.68. The zero-order chi connectivity index (χ0) is 13.8. The lowest BCUT2D eigenvalue weighted by molar-refractivity contribution is 0.0207. The van der Waals surface area contributed by atoms with Gasteiger partial charge in [-0.05, 0) is 16.7 Å². The Balaban J connectivity index is 2.00. The Morgan fingerprint density at radius 3 is 2.60 bits per heavy atom. The minimum atomic E-state index is -0.0201. The van der Waals surface area contributed by atoms with Crippen molar-refractivity contribution in [3.8, 4) is 0 Å². The summed E-state index contributed by atoms with van der Waals surface area (Å²) in [6, 6.07) is 18.6. The van der Waals surface area contributed by atoms with Crippen molar-refractivity contribution >= 4 is 0 Å². The monoisotopic (exact) mass is 269 g/mol. The summed E-state index contributed by atoms with van der Waals surface area (Å²) < 4.78 is 6.07. The number of rotatable bonds is 2. The van der Waals surface area contributed by atoms with E-state index in [9.17, 15) is 5.11 Å². The molecular weight excluding hydrogens is 250 g/mol. The van der Waals surface area contributed by atoms with E-state index >= 15 is 0 Å². The second-order valence-corrected chi connectivity index (χ2v) is 5.05. The van der Waals surface area contributed by atoms with Gasteiger partial charge in [0, 0.05) is 13.1 Å². The van der Waals surface area contributed by atoms with Gasteiger partial charge in [0.1, 0.15) is 6.10 Å². The van der Waals surface area contributed by atoms with Crippen LogP contribution in [0.4, 0.5) is 0 Å². The number of benzene rings is 2. The molecule has 3 heteroatoms. The molecule has 1 aliphatic heterocycles. The molecular formula is C17H19NO2. The van der Waals surface area contributed by atoms with Gasteiger partial charge in [-0.3, -0.25) is 4.90 Å². The van der Waals surface area contributed by atoms with Gasteiger partial charge in [-0.2, -0.15) is 0 Å². The van der Waals surface area contributed by atoms with Crippen LogP contribution >= 0.6 is 0 Å². The smallest absolute Gasteiger partial charge is 0.108 e. The lowest BCUT2D eigenvalue weighted by atomic mass is 9.96. The molecule has 0 amide bonds. The molecule has 0 aromatic heterocycles. The summed E-state index contributed by atoms with van der Waals surface area (Å²) in [6.45, 7) is 2.19. The lowest BCUT2D eigenvalue weighted by Gasteiger charge is -2.29.